The zero-order valence-electron chi connectivity index (χ0n) is 9.16. The van der Waals surface area contributed by atoms with E-state index in [0.717, 1.165) is 5.90 Å². The Balaban J connectivity index is 0.000000791. The minimum atomic E-state index is 0.00976. The van der Waals surface area contributed by atoms with Gasteiger partial charge in [0.25, 0.3) is 0 Å². The molecule has 1 saturated carbocycles. The average molecular weight is 266 g/mol. The normalized spacial score (nSPS) is 18.2. The van der Waals surface area contributed by atoms with Crippen LogP contribution >= 0.6 is 15.9 Å². The Morgan fingerprint density at radius 1 is 1.57 bits per heavy atom. The second-order valence-electron chi connectivity index (χ2n) is 2.88. The van der Waals surface area contributed by atoms with Crippen LogP contribution in [0, 0.1) is 5.92 Å². The van der Waals surface area contributed by atoms with Gasteiger partial charge < -0.3 is 9.84 Å². The summed E-state index contributed by atoms with van der Waals surface area (Å²) in [5.41, 5.74) is 0. The highest BCUT2D eigenvalue weighted by Gasteiger charge is 2.29. The molecule has 0 amide bonds. The van der Waals surface area contributed by atoms with E-state index in [4.69, 9.17) is 9.84 Å². The van der Waals surface area contributed by atoms with Crippen LogP contribution in [0.25, 0.3) is 0 Å². The molecule has 84 valence electrons. The molecule has 1 unspecified atom stereocenters. The van der Waals surface area contributed by atoms with Crippen molar-refractivity contribution in [2.75, 3.05) is 13.2 Å². The van der Waals surface area contributed by atoms with Gasteiger partial charge in [-0.2, -0.15) is 0 Å². The van der Waals surface area contributed by atoms with Crippen LogP contribution in [-0.2, 0) is 4.74 Å². The lowest BCUT2D eigenvalue weighted by atomic mass is 10.4. The van der Waals surface area contributed by atoms with Crippen molar-refractivity contribution in [1.29, 1.82) is 0 Å². The maximum atomic E-state index is 8.58. The summed E-state index contributed by atoms with van der Waals surface area (Å²) in [5, 5.41) is 8.59. The molecular weight excluding hydrogens is 246 g/mol. The van der Waals surface area contributed by atoms with Gasteiger partial charge in [0.1, 0.15) is 0 Å². The van der Waals surface area contributed by atoms with Crippen LogP contribution in [0.4, 0.5) is 0 Å². The predicted molar refractivity (Wildman–Crippen MR) is 62.9 cm³/mol. The number of hydrogen-bond donors (Lipinski definition) is 1. The van der Waals surface area contributed by atoms with Crippen molar-refractivity contribution in [2.45, 2.75) is 38.6 Å². The second kappa shape index (κ2) is 8.24. The first-order valence-corrected chi connectivity index (χ1v) is 6.11. The quantitative estimate of drug-likeness (QED) is 0.482. The highest BCUT2D eigenvalue weighted by atomic mass is 79.9. The number of hydrogen-bond acceptors (Lipinski definition) is 3. The molecule has 3 nitrogen and oxygen atoms in total. The summed E-state index contributed by atoms with van der Waals surface area (Å²) < 4.78 is 5.43. The van der Waals surface area contributed by atoms with Crippen molar-refractivity contribution >= 4 is 21.8 Å². The van der Waals surface area contributed by atoms with Crippen molar-refractivity contribution in [3.05, 3.63) is 0 Å². The molecule has 0 aliphatic heterocycles. The van der Waals surface area contributed by atoms with Gasteiger partial charge >= 0.3 is 0 Å². The lowest BCUT2D eigenvalue weighted by molar-refractivity contribution is 0.278. The fourth-order valence-electron chi connectivity index (χ4n) is 0.919. The van der Waals surface area contributed by atoms with E-state index in [-0.39, 0.29) is 11.6 Å². The fourth-order valence-corrected chi connectivity index (χ4v) is 1.11. The molecule has 1 fully saturated rings. The SMILES string of the molecule is CC.CC(Br)OC(=NCCO)C1CC1. The summed E-state index contributed by atoms with van der Waals surface area (Å²) in [7, 11) is 0. The largest absolute Gasteiger partial charge is 0.466 e. The van der Waals surface area contributed by atoms with Crippen LogP contribution in [-0.4, -0.2) is 29.2 Å². The van der Waals surface area contributed by atoms with Crippen LogP contribution < -0.4 is 0 Å². The van der Waals surface area contributed by atoms with E-state index >= 15 is 0 Å². The average Bonchev–Trinajstić information content (AvgIpc) is 2.98. The van der Waals surface area contributed by atoms with Gasteiger partial charge in [0, 0.05) is 5.92 Å². The van der Waals surface area contributed by atoms with Crippen molar-refractivity contribution in [3.63, 3.8) is 0 Å². The highest BCUT2D eigenvalue weighted by Crippen LogP contribution is 2.31. The number of alkyl halides is 1. The Labute approximate surface area is 94.7 Å². The van der Waals surface area contributed by atoms with E-state index in [0.29, 0.717) is 12.5 Å². The number of rotatable bonds is 4. The summed E-state index contributed by atoms with van der Waals surface area (Å²) >= 11 is 3.30. The van der Waals surface area contributed by atoms with Crippen LogP contribution in [0.2, 0.25) is 0 Å². The van der Waals surface area contributed by atoms with Crippen molar-refractivity contribution in [1.82, 2.24) is 0 Å². The fraction of sp³-hybridized carbons (Fsp3) is 0.900. The maximum absolute atomic E-state index is 8.58. The summed E-state index contributed by atoms with van der Waals surface area (Å²) in [6.45, 7) is 6.46. The number of ether oxygens (including phenoxy) is 1. The van der Waals surface area contributed by atoms with E-state index in [2.05, 4.69) is 20.9 Å². The number of aliphatic hydroxyl groups excluding tert-OH is 1. The van der Waals surface area contributed by atoms with Crippen LogP contribution in [0.1, 0.15) is 33.6 Å². The molecule has 0 saturated heterocycles. The van der Waals surface area contributed by atoms with Crippen LogP contribution in [0.5, 0.6) is 0 Å². The Morgan fingerprint density at radius 2 is 2.14 bits per heavy atom. The number of halogens is 1. The topological polar surface area (TPSA) is 41.8 Å². The highest BCUT2D eigenvalue weighted by molar-refractivity contribution is 9.09. The van der Waals surface area contributed by atoms with E-state index < -0.39 is 0 Å². The smallest absolute Gasteiger partial charge is 0.187 e. The number of aliphatic hydroxyl groups is 1. The predicted octanol–water partition coefficient (Wildman–Crippen LogP) is 2.57. The lowest BCUT2D eigenvalue weighted by Crippen LogP contribution is -2.12. The Kier molecular flexibility index (Phi) is 8.18. The summed E-state index contributed by atoms with van der Waals surface area (Å²) in [5.74, 6) is 1.31. The van der Waals surface area contributed by atoms with Gasteiger partial charge in [0.05, 0.1) is 13.2 Å². The monoisotopic (exact) mass is 265 g/mol. The van der Waals surface area contributed by atoms with E-state index in [1.807, 2.05) is 20.8 Å². The van der Waals surface area contributed by atoms with Gasteiger partial charge in [-0.3, -0.25) is 4.99 Å². The molecule has 0 aromatic heterocycles. The van der Waals surface area contributed by atoms with Gasteiger partial charge in [-0.25, -0.2) is 0 Å². The third-order valence-electron chi connectivity index (χ3n) is 1.58. The Bertz CT molecular complexity index is 168. The Hall–Kier alpha value is -0.0900. The van der Waals surface area contributed by atoms with Gasteiger partial charge in [-0.1, -0.05) is 13.8 Å². The first-order valence-electron chi connectivity index (χ1n) is 5.20. The lowest BCUT2D eigenvalue weighted by Gasteiger charge is -2.09. The van der Waals surface area contributed by atoms with Crippen LogP contribution in [0.3, 0.4) is 0 Å². The first-order chi connectivity index (χ1) is 6.74. The zero-order chi connectivity index (χ0) is 11.0. The minimum absolute atomic E-state index is 0.00976. The molecule has 1 N–H and O–H groups in total. The third-order valence-corrected chi connectivity index (χ3v) is 1.76. The summed E-state index contributed by atoms with van der Waals surface area (Å²) in [6, 6.07) is 0. The molecular formula is C10H20BrNO2. The molecule has 0 aromatic rings. The molecule has 0 spiro atoms. The molecule has 1 rings (SSSR count). The zero-order valence-corrected chi connectivity index (χ0v) is 10.7. The molecule has 14 heavy (non-hydrogen) atoms. The van der Waals surface area contributed by atoms with Crippen LogP contribution in [0.15, 0.2) is 4.99 Å². The van der Waals surface area contributed by atoms with Crippen molar-refractivity contribution < 1.29 is 9.84 Å². The molecule has 0 heterocycles. The van der Waals surface area contributed by atoms with Gasteiger partial charge in [-0.15, -0.1) is 0 Å². The first kappa shape index (κ1) is 13.9. The molecule has 0 aromatic carbocycles. The molecule has 1 aliphatic rings. The van der Waals surface area contributed by atoms with E-state index in [1.165, 1.54) is 12.8 Å². The molecule has 1 atom stereocenters. The number of nitrogens with zero attached hydrogens (tertiary/aromatic N) is 1. The third kappa shape index (κ3) is 6.38. The van der Waals surface area contributed by atoms with E-state index in [1.54, 1.807) is 0 Å². The molecule has 1 aliphatic carbocycles. The maximum Gasteiger partial charge on any atom is 0.187 e. The summed E-state index contributed by atoms with van der Waals surface area (Å²) in [6.07, 6.45) is 2.34. The van der Waals surface area contributed by atoms with Crippen molar-refractivity contribution in [2.24, 2.45) is 10.9 Å². The second-order valence-corrected chi connectivity index (χ2v) is 4.17. The molecule has 4 heteroatoms. The van der Waals surface area contributed by atoms with Crippen molar-refractivity contribution in [3.8, 4) is 0 Å². The van der Waals surface area contributed by atoms with Gasteiger partial charge in [0.15, 0.2) is 10.9 Å². The molecule has 0 radical (unpaired) electrons. The minimum Gasteiger partial charge on any atom is -0.466 e. The Morgan fingerprint density at radius 3 is 2.50 bits per heavy atom. The molecule has 0 bridgehead atoms. The number of aliphatic imine (C=N–C) groups is 1. The summed E-state index contributed by atoms with van der Waals surface area (Å²) in [4.78, 5) is 4.16. The van der Waals surface area contributed by atoms with E-state index in [9.17, 15) is 0 Å². The van der Waals surface area contributed by atoms with Gasteiger partial charge in [-0.05, 0) is 35.7 Å². The standard InChI is InChI=1S/C8H14BrNO2.C2H6/c1-6(9)12-8(7-2-3-7)10-4-5-11;1-2/h6-7,11H,2-5H2,1H3;1-2H3. The van der Waals surface area contributed by atoms with Gasteiger partial charge in [0.2, 0.25) is 0 Å².